The van der Waals surface area contributed by atoms with Crippen molar-refractivity contribution in [3.63, 3.8) is 0 Å². The second-order valence-corrected chi connectivity index (χ2v) is 4.92. The van der Waals surface area contributed by atoms with Crippen LogP contribution in [-0.2, 0) is 11.2 Å². The zero-order chi connectivity index (χ0) is 11.8. The predicted octanol–water partition coefficient (Wildman–Crippen LogP) is 2.12. The topological polar surface area (TPSA) is 67.2 Å². The third-order valence-corrected chi connectivity index (χ3v) is 3.64. The van der Waals surface area contributed by atoms with Crippen LogP contribution >= 0.6 is 0 Å². The Hall–Kier alpha value is -1.71. The molecule has 0 saturated heterocycles. The summed E-state index contributed by atoms with van der Waals surface area (Å²) in [6.45, 7) is 0. The normalized spacial score (nSPS) is 19.2. The van der Waals surface area contributed by atoms with Crippen LogP contribution in [0.1, 0.15) is 31.2 Å². The van der Waals surface area contributed by atoms with E-state index >= 15 is 0 Å². The van der Waals surface area contributed by atoms with Crippen LogP contribution < -0.4 is 16.4 Å². The lowest BCUT2D eigenvalue weighted by atomic mass is 9.92. The Morgan fingerprint density at radius 3 is 2.82 bits per heavy atom. The van der Waals surface area contributed by atoms with E-state index in [0.29, 0.717) is 12.5 Å². The smallest absolute Gasteiger partial charge is 0.224 e. The average molecular weight is 231 g/mol. The molecule has 1 heterocycles. The Bertz CT molecular complexity index is 466. The number of nitrogens with two attached hydrogens (primary N) is 1. The van der Waals surface area contributed by atoms with Gasteiger partial charge in [0.2, 0.25) is 5.91 Å². The summed E-state index contributed by atoms with van der Waals surface area (Å²) in [6, 6.07) is 4.50. The van der Waals surface area contributed by atoms with Gasteiger partial charge in [-0.1, -0.05) is 0 Å². The van der Waals surface area contributed by atoms with Gasteiger partial charge in [0.1, 0.15) is 0 Å². The Balaban J connectivity index is 1.88. The summed E-state index contributed by atoms with van der Waals surface area (Å²) < 4.78 is 0. The molecular weight excluding hydrogens is 214 g/mol. The van der Waals surface area contributed by atoms with Crippen LogP contribution in [-0.4, -0.2) is 11.9 Å². The highest BCUT2D eigenvalue weighted by Gasteiger charge is 2.20. The van der Waals surface area contributed by atoms with E-state index in [1.807, 2.05) is 12.1 Å². The fraction of sp³-hybridized carbons (Fsp3) is 0.462. The number of amides is 1. The lowest BCUT2D eigenvalue weighted by molar-refractivity contribution is -0.116. The van der Waals surface area contributed by atoms with Gasteiger partial charge in [0.05, 0.1) is 11.4 Å². The van der Waals surface area contributed by atoms with Crippen LogP contribution in [0.5, 0.6) is 0 Å². The van der Waals surface area contributed by atoms with Gasteiger partial charge in [0.25, 0.3) is 0 Å². The van der Waals surface area contributed by atoms with E-state index < -0.39 is 0 Å². The van der Waals surface area contributed by atoms with Crippen LogP contribution in [0.2, 0.25) is 0 Å². The predicted molar refractivity (Wildman–Crippen MR) is 69.1 cm³/mol. The molecule has 1 aliphatic heterocycles. The first-order valence-corrected chi connectivity index (χ1v) is 6.21. The van der Waals surface area contributed by atoms with E-state index in [9.17, 15) is 4.79 Å². The molecule has 1 aromatic carbocycles. The van der Waals surface area contributed by atoms with Crippen molar-refractivity contribution >= 4 is 23.0 Å². The Labute approximate surface area is 101 Å². The number of benzene rings is 1. The van der Waals surface area contributed by atoms with Crippen molar-refractivity contribution in [3.8, 4) is 0 Å². The molecule has 1 amide bonds. The molecule has 90 valence electrons. The maximum Gasteiger partial charge on any atom is 0.224 e. The van der Waals surface area contributed by atoms with E-state index in [1.165, 1.54) is 19.3 Å². The molecular formula is C13H17N3O. The molecule has 0 radical (unpaired) electrons. The number of fused-ring (bicyclic) bond motifs is 1. The van der Waals surface area contributed by atoms with E-state index in [0.717, 1.165) is 29.0 Å². The quantitative estimate of drug-likeness (QED) is 0.683. The van der Waals surface area contributed by atoms with Crippen molar-refractivity contribution in [1.29, 1.82) is 0 Å². The van der Waals surface area contributed by atoms with E-state index in [-0.39, 0.29) is 5.91 Å². The number of nitrogen functional groups attached to an aromatic ring is 1. The minimum absolute atomic E-state index is 0.0943. The van der Waals surface area contributed by atoms with Crippen molar-refractivity contribution in [3.05, 3.63) is 17.7 Å². The SMILES string of the molecule is Nc1cc2c(cc1NC1CCC1)NC(=O)CC2. The highest BCUT2D eigenvalue weighted by molar-refractivity contribution is 5.95. The van der Waals surface area contributed by atoms with Gasteiger partial charge >= 0.3 is 0 Å². The van der Waals surface area contributed by atoms with Gasteiger partial charge in [-0.15, -0.1) is 0 Å². The standard InChI is InChI=1S/C13H17N3O/c14-10-6-8-4-5-13(17)16-11(8)7-12(10)15-9-2-1-3-9/h6-7,9,15H,1-5,14H2,(H,16,17). The molecule has 1 aliphatic carbocycles. The fourth-order valence-electron chi connectivity index (χ4n) is 2.35. The number of rotatable bonds is 2. The molecule has 0 bridgehead atoms. The van der Waals surface area contributed by atoms with E-state index in [4.69, 9.17) is 5.73 Å². The first-order valence-electron chi connectivity index (χ1n) is 6.21. The number of hydrogen-bond donors (Lipinski definition) is 3. The molecule has 0 unspecified atom stereocenters. The summed E-state index contributed by atoms with van der Waals surface area (Å²) in [6.07, 6.45) is 5.06. The third kappa shape index (κ3) is 1.95. The first kappa shape index (κ1) is 10.4. The molecule has 1 saturated carbocycles. The zero-order valence-corrected chi connectivity index (χ0v) is 9.75. The molecule has 4 heteroatoms. The van der Waals surface area contributed by atoms with Gasteiger partial charge in [-0.25, -0.2) is 0 Å². The van der Waals surface area contributed by atoms with E-state index in [2.05, 4.69) is 10.6 Å². The highest BCUT2D eigenvalue weighted by Crippen LogP contribution is 2.33. The monoisotopic (exact) mass is 231 g/mol. The lowest BCUT2D eigenvalue weighted by Gasteiger charge is -2.29. The van der Waals surface area contributed by atoms with Crippen molar-refractivity contribution in [2.45, 2.75) is 38.1 Å². The van der Waals surface area contributed by atoms with Gasteiger partial charge < -0.3 is 16.4 Å². The van der Waals surface area contributed by atoms with Gasteiger partial charge in [-0.2, -0.15) is 0 Å². The average Bonchev–Trinajstić information content (AvgIpc) is 2.24. The van der Waals surface area contributed by atoms with Crippen molar-refractivity contribution in [2.75, 3.05) is 16.4 Å². The third-order valence-electron chi connectivity index (χ3n) is 3.64. The molecule has 0 spiro atoms. The molecule has 1 fully saturated rings. The van der Waals surface area contributed by atoms with Crippen molar-refractivity contribution in [2.24, 2.45) is 0 Å². The minimum Gasteiger partial charge on any atom is -0.397 e. The Kier molecular flexibility index (Phi) is 2.42. The van der Waals surface area contributed by atoms with Gasteiger partial charge in [0.15, 0.2) is 0 Å². The van der Waals surface area contributed by atoms with Crippen molar-refractivity contribution < 1.29 is 4.79 Å². The number of hydrogen-bond acceptors (Lipinski definition) is 3. The number of carbonyl (C=O) groups excluding carboxylic acids is 1. The fourth-order valence-corrected chi connectivity index (χ4v) is 2.35. The largest absolute Gasteiger partial charge is 0.397 e. The molecule has 0 aromatic heterocycles. The highest BCUT2D eigenvalue weighted by atomic mass is 16.1. The second-order valence-electron chi connectivity index (χ2n) is 4.92. The lowest BCUT2D eigenvalue weighted by Crippen LogP contribution is -2.28. The summed E-state index contributed by atoms with van der Waals surface area (Å²) in [4.78, 5) is 11.3. The Morgan fingerprint density at radius 1 is 1.29 bits per heavy atom. The van der Waals surface area contributed by atoms with Crippen LogP contribution in [0.3, 0.4) is 0 Å². The second kappa shape index (κ2) is 3.95. The van der Waals surface area contributed by atoms with E-state index in [1.54, 1.807) is 0 Å². The van der Waals surface area contributed by atoms with Crippen molar-refractivity contribution in [1.82, 2.24) is 0 Å². The summed E-state index contributed by atoms with van der Waals surface area (Å²) in [5.41, 5.74) is 9.82. The summed E-state index contributed by atoms with van der Waals surface area (Å²) >= 11 is 0. The molecule has 3 rings (SSSR count). The maximum atomic E-state index is 11.3. The first-order chi connectivity index (χ1) is 8.22. The van der Waals surface area contributed by atoms with Crippen LogP contribution in [0.15, 0.2) is 12.1 Å². The molecule has 2 aliphatic rings. The maximum absolute atomic E-state index is 11.3. The molecule has 1 aromatic rings. The number of aryl methyl sites for hydroxylation is 1. The van der Waals surface area contributed by atoms with Crippen LogP contribution in [0.4, 0.5) is 17.1 Å². The summed E-state index contributed by atoms with van der Waals surface area (Å²) in [5.74, 6) is 0.0943. The summed E-state index contributed by atoms with van der Waals surface area (Å²) in [5, 5.41) is 6.34. The minimum atomic E-state index is 0.0943. The number of carbonyl (C=O) groups is 1. The van der Waals surface area contributed by atoms with Crippen LogP contribution in [0.25, 0.3) is 0 Å². The molecule has 4 nitrogen and oxygen atoms in total. The van der Waals surface area contributed by atoms with Crippen LogP contribution in [0, 0.1) is 0 Å². The molecule has 0 atom stereocenters. The zero-order valence-electron chi connectivity index (χ0n) is 9.75. The van der Waals surface area contributed by atoms with Gasteiger partial charge in [-0.05, 0) is 43.4 Å². The number of nitrogens with one attached hydrogen (secondary N) is 2. The number of anilines is 3. The van der Waals surface area contributed by atoms with Gasteiger partial charge in [-0.3, -0.25) is 4.79 Å². The summed E-state index contributed by atoms with van der Waals surface area (Å²) in [7, 11) is 0. The van der Waals surface area contributed by atoms with Gasteiger partial charge in [0, 0.05) is 18.2 Å². The molecule has 4 N–H and O–H groups in total. The Morgan fingerprint density at radius 2 is 2.12 bits per heavy atom. The molecule has 17 heavy (non-hydrogen) atoms.